The number of carbonyl (C=O) groups is 2. The molecule has 1 atom stereocenters. The SMILES string of the molecule is COc1ccc(NC(=O)c2cnn3c2NC(C(=O)O)=C[C@H]3c2ccc(OC)cc2)cc1. The van der Waals surface area contributed by atoms with Gasteiger partial charge in [-0.25, -0.2) is 9.48 Å². The lowest BCUT2D eigenvalue weighted by Gasteiger charge is -2.24. The summed E-state index contributed by atoms with van der Waals surface area (Å²) < 4.78 is 11.9. The summed E-state index contributed by atoms with van der Waals surface area (Å²) in [5.74, 6) is 0.0970. The molecule has 9 nitrogen and oxygen atoms in total. The number of aliphatic carboxylic acids is 1. The van der Waals surface area contributed by atoms with Gasteiger partial charge in [0, 0.05) is 5.69 Å². The summed E-state index contributed by atoms with van der Waals surface area (Å²) in [5, 5.41) is 19.5. The topological polar surface area (TPSA) is 115 Å². The largest absolute Gasteiger partial charge is 0.497 e. The van der Waals surface area contributed by atoms with E-state index in [-0.39, 0.29) is 11.3 Å². The zero-order chi connectivity index (χ0) is 22.0. The fraction of sp³-hybridized carbons (Fsp3) is 0.136. The minimum Gasteiger partial charge on any atom is -0.497 e. The summed E-state index contributed by atoms with van der Waals surface area (Å²) in [6.45, 7) is 0. The Bertz CT molecular complexity index is 1150. The summed E-state index contributed by atoms with van der Waals surface area (Å²) in [4.78, 5) is 24.6. The van der Waals surface area contributed by atoms with Crippen LogP contribution in [0, 0.1) is 0 Å². The van der Waals surface area contributed by atoms with E-state index in [1.165, 1.54) is 6.20 Å². The molecule has 0 saturated heterocycles. The molecular formula is C22H20N4O5. The number of fused-ring (bicyclic) bond motifs is 1. The maximum atomic E-state index is 12.9. The molecule has 2 heterocycles. The Morgan fingerprint density at radius 2 is 1.65 bits per heavy atom. The summed E-state index contributed by atoms with van der Waals surface area (Å²) >= 11 is 0. The van der Waals surface area contributed by atoms with Crippen molar-refractivity contribution in [1.29, 1.82) is 0 Å². The maximum absolute atomic E-state index is 12.9. The van der Waals surface area contributed by atoms with E-state index in [4.69, 9.17) is 9.47 Å². The van der Waals surface area contributed by atoms with Crippen LogP contribution in [0.3, 0.4) is 0 Å². The van der Waals surface area contributed by atoms with Crippen molar-refractivity contribution in [2.45, 2.75) is 6.04 Å². The molecular weight excluding hydrogens is 400 g/mol. The first-order valence-corrected chi connectivity index (χ1v) is 9.39. The van der Waals surface area contributed by atoms with Crippen LogP contribution >= 0.6 is 0 Å². The van der Waals surface area contributed by atoms with Crippen molar-refractivity contribution in [2.24, 2.45) is 0 Å². The monoisotopic (exact) mass is 420 g/mol. The fourth-order valence-corrected chi connectivity index (χ4v) is 3.30. The van der Waals surface area contributed by atoms with Crippen LogP contribution in [0.15, 0.2) is 66.5 Å². The van der Waals surface area contributed by atoms with E-state index >= 15 is 0 Å². The summed E-state index contributed by atoms with van der Waals surface area (Å²) in [7, 11) is 3.13. The summed E-state index contributed by atoms with van der Waals surface area (Å²) in [6.07, 6.45) is 2.96. The third-order valence-electron chi connectivity index (χ3n) is 4.92. The van der Waals surface area contributed by atoms with E-state index < -0.39 is 17.9 Å². The third kappa shape index (κ3) is 3.93. The van der Waals surface area contributed by atoms with Crippen LogP contribution in [0.2, 0.25) is 0 Å². The Hall–Kier alpha value is -4.27. The highest BCUT2D eigenvalue weighted by molar-refractivity contribution is 6.08. The minimum absolute atomic E-state index is 0.0349. The second-order valence-corrected chi connectivity index (χ2v) is 6.76. The molecule has 158 valence electrons. The molecule has 9 heteroatoms. The van der Waals surface area contributed by atoms with Gasteiger partial charge in [0.05, 0.1) is 26.5 Å². The number of nitrogens with zero attached hydrogens (tertiary/aromatic N) is 2. The highest BCUT2D eigenvalue weighted by Gasteiger charge is 2.29. The molecule has 0 fully saturated rings. The van der Waals surface area contributed by atoms with E-state index in [0.717, 1.165) is 5.56 Å². The molecule has 3 aromatic rings. The lowest BCUT2D eigenvalue weighted by Crippen LogP contribution is -2.25. The molecule has 0 radical (unpaired) electrons. The minimum atomic E-state index is -1.13. The molecule has 1 aliphatic rings. The number of ether oxygens (including phenoxy) is 2. The van der Waals surface area contributed by atoms with Crippen molar-refractivity contribution in [2.75, 3.05) is 24.9 Å². The van der Waals surface area contributed by atoms with Crippen molar-refractivity contribution in [3.63, 3.8) is 0 Å². The number of anilines is 2. The number of carboxylic acid groups (broad SMARTS) is 1. The molecule has 1 aromatic heterocycles. The zero-order valence-corrected chi connectivity index (χ0v) is 16.8. The van der Waals surface area contributed by atoms with Crippen molar-refractivity contribution in [3.8, 4) is 11.5 Å². The molecule has 0 bridgehead atoms. The quantitative estimate of drug-likeness (QED) is 0.561. The first-order valence-electron chi connectivity index (χ1n) is 9.39. The molecule has 3 N–H and O–H groups in total. The average molecular weight is 420 g/mol. The first-order chi connectivity index (χ1) is 15.0. The van der Waals surface area contributed by atoms with Crippen molar-refractivity contribution in [1.82, 2.24) is 9.78 Å². The molecule has 0 aliphatic carbocycles. The number of hydrogen-bond acceptors (Lipinski definition) is 6. The average Bonchev–Trinajstić information content (AvgIpc) is 3.23. The Morgan fingerprint density at radius 3 is 2.23 bits per heavy atom. The zero-order valence-electron chi connectivity index (χ0n) is 16.8. The molecule has 2 aromatic carbocycles. The molecule has 0 spiro atoms. The molecule has 0 saturated carbocycles. The van der Waals surface area contributed by atoms with Gasteiger partial charge in [-0.1, -0.05) is 12.1 Å². The van der Waals surface area contributed by atoms with Crippen LogP contribution in [-0.2, 0) is 4.79 Å². The van der Waals surface area contributed by atoms with Gasteiger partial charge in [0.2, 0.25) is 0 Å². The van der Waals surface area contributed by atoms with Crippen molar-refractivity contribution >= 4 is 23.4 Å². The van der Waals surface area contributed by atoms with E-state index in [1.54, 1.807) is 61.4 Å². The van der Waals surface area contributed by atoms with E-state index in [2.05, 4.69) is 15.7 Å². The third-order valence-corrected chi connectivity index (χ3v) is 4.92. The highest BCUT2D eigenvalue weighted by Crippen LogP contribution is 2.33. The Kier molecular flexibility index (Phi) is 5.31. The maximum Gasteiger partial charge on any atom is 0.352 e. The van der Waals surface area contributed by atoms with Gasteiger partial charge in [0.15, 0.2) is 0 Å². The number of benzene rings is 2. The number of carbonyl (C=O) groups excluding carboxylic acids is 1. The van der Waals surface area contributed by atoms with Gasteiger partial charge in [0.1, 0.15) is 28.6 Å². The van der Waals surface area contributed by atoms with Crippen molar-refractivity contribution in [3.05, 3.63) is 77.6 Å². The molecule has 4 rings (SSSR count). The van der Waals surface area contributed by atoms with Gasteiger partial charge < -0.3 is 25.2 Å². The van der Waals surface area contributed by atoms with Crippen molar-refractivity contribution < 1.29 is 24.2 Å². The van der Waals surface area contributed by atoms with Crippen LogP contribution in [0.4, 0.5) is 11.5 Å². The number of amides is 1. The summed E-state index contributed by atoms with van der Waals surface area (Å²) in [6, 6.07) is 13.6. The normalized spacial score (nSPS) is 14.6. The molecule has 0 unspecified atom stereocenters. The van der Waals surface area contributed by atoms with Gasteiger partial charge in [-0.05, 0) is 48.0 Å². The molecule has 31 heavy (non-hydrogen) atoms. The number of carboxylic acids is 1. The van der Waals surface area contributed by atoms with Gasteiger partial charge in [-0.2, -0.15) is 5.10 Å². The van der Waals surface area contributed by atoms with E-state index in [0.29, 0.717) is 23.0 Å². The second-order valence-electron chi connectivity index (χ2n) is 6.76. The van der Waals surface area contributed by atoms with E-state index in [9.17, 15) is 14.7 Å². The van der Waals surface area contributed by atoms with Crippen LogP contribution in [0.5, 0.6) is 11.5 Å². The second kappa shape index (κ2) is 8.23. The van der Waals surface area contributed by atoms with E-state index in [1.807, 2.05) is 12.1 Å². The Labute approximate surface area is 177 Å². The standard InChI is InChI=1S/C22H20N4O5/c1-30-15-7-3-13(4-8-15)19-11-18(22(28)29)25-20-17(12-23-26(19)20)21(27)24-14-5-9-16(31-2)10-6-14/h3-12,19,25H,1-2H3,(H,24,27)(H,28,29)/t19-/m0/s1. The van der Waals surface area contributed by atoms with Crippen LogP contribution in [0.25, 0.3) is 0 Å². The number of allylic oxidation sites excluding steroid dienone is 1. The number of aromatic nitrogens is 2. The lowest BCUT2D eigenvalue weighted by molar-refractivity contribution is -0.132. The molecule has 1 amide bonds. The van der Waals surface area contributed by atoms with Crippen LogP contribution in [0.1, 0.15) is 22.0 Å². The number of nitrogens with one attached hydrogen (secondary N) is 2. The lowest BCUT2D eigenvalue weighted by atomic mass is 10.0. The van der Waals surface area contributed by atoms with Crippen LogP contribution < -0.4 is 20.1 Å². The van der Waals surface area contributed by atoms with Gasteiger partial charge >= 0.3 is 5.97 Å². The first kappa shape index (κ1) is 20.0. The smallest absolute Gasteiger partial charge is 0.352 e. The highest BCUT2D eigenvalue weighted by atomic mass is 16.5. The predicted molar refractivity (Wildman–Crippen MR) is 114 cm³/mol. The van der Waals surface area contributed by atoms with Crippen LogP contribution in [-0.4, -0.2) is 41.0 Å². The van der Waals surface area contributed by atoms with Gasteiger partial charge in [-0.15, -0.1) is 0 Å². The number of rotatable bonds is 6. The predicted octanol–water partition coefficient (Wildman–Crippen LogP) is 3.14. The van der Waals surface area contributed by atoms with Gasteiger partial charge in [-0.3, -0.25) is 4.79 Å². The number of hydrogen-bond donors (Lipinski definition) is 3. The number of methoxy groups -OCH3 is 2. The Morgan fingerprint density at radius 1 is 1.03 bits per heavy atom. The molecule has 1 aliphatic heterocycles. The fourth-order valence-electron chi connectivity index (χ4n) is 3.30. The summed E-state index contributed by atoms with van der Waals surface area (Å²) in [5.41, 5.74) is 1.56. The Balaban J connectivity index is 1.67. The van der Waals surface area contributed by atoms with Gasteiger partial charge in [0.25, 0.3) is 5.91 Å².